The van der Waals surface area contributed by atoms with Gasteiger partial charge in [-0.3, -0.25) is 0 Å². The van der Waals surface area contributed by atoms with E-state index >= 15 is 0 Å². The number of hydrogen-bond donors (Lipinski definition) is 1. The second-order valence-corrected chi connectivity index (χ2v) is 7.72. The lowest BCUT2D eigenvalue weighted by Gasteiger charge is -2.26. The molecule has 1 saturated heterocycles. The highest BCUT2D eigenvalue weighted by Gasteiger charge is 2.25. The number of urea groups is 1. The number of aromatic nitrogens is 2. The highest BCUT2D eigenvalue weighted by atomic mass is 16.5. The molecule has 1 unspecified atom stereocenters. The molecule has 1 fully saturated rings. The van der Waals surface area contributed by atoms with Crippen molar-refractivity contribution in [1.82, 2.24) is 19.8 Å². The number of carbonyl (C=O) groups is 1. The summed E-state index contributed by atoms with van der Waals surface area (Å²) in [5.74, 6) is 1.53. The van der Waals surface area contributed by atoms with Crippen LogP contribution in [0.5, 0.6) is 5.75 Å². The molecular weight excluding hydrogens is 390 g/mol. The SMILES string of the molecule is COc1cccc(C(NC(=O)N2CCCN(c3ccccc3)CC2)c2nccn2C)c1. The Bertz CT molecular complexity index is 1000. The normalized spacial score (nSPS) is 15.3. The molecule has 2 aromatic carbocycles. The van der Waals surface area contributed by atoms with Crippen LogP contribution in [0.2, 0.25) is 0 Å². The number of amides is 2. The summed E-state index contributed by atoms with van der Waals surface area (Å²) in [6.07, 6.45) is 4.56. The van der Waals surface area contributed by atoms with Gasteiger partial charge in [0.1, 0.15) is 17.6 Å². The smallest absolute Gasteiger partial charge is 0.318 e. The molecule has 1 aliphatic heterocycles. The number of methoxy groups -OCH3 is 1. The van der Waals surface area contributed by atoms with Crippen LogP contribution in [-0.2, 0) is 7.05 Å². The van der Waals surface area contributed by atoms with E-state index in [1.165, 1.54) is 5.69 Å². The molecule has 2 heterocycles. The van der Waals surface area contributed by atoms with Gasteiger partial charge in [0.25, 0.3) is 0 Å². The van der Waals surface area contributed by atoms with Crippen LogP contribution in [0.4, 0.5) is 10.5 Å². The van der Waals surface area contributed by atoms with Gasteiger partial charge in [0.05, 0.1) is 7.11 Å². The average Bonchev–Trinajstić information content (AvgIpc) is 3.08. The number of rotatable bonds is 5. The fourth-order valence-corrected chi connectivity index (χ4v) is 4.01. The van der Waals surface area contributed by atoms with Gasteiger partial charge in [-0.25, -0.2) is 9.78 Å². The standard InChI is InChI=1S/C24H29N5O2/c1-27-15-12-25-23(27)22(19-8-6-11-21(18-19)31-2)26-24(30)29-14-7-13-28(16-17-29)20-9-4-3-5-10-20/h3-6,8-12,15,18,22H,7,13-14,16-17H2,1-2H3,(H,26,30). The van der Waals surface area contributed by atoms with Crippen molar-refractivity contribution in [3.8, 4) is 5.75 Å². The van der Waals surface area contributed by atoms with Crippen LogP contribution in [0, 0.1) is 0 Å². The molecule has 0 spiro atoms. The Morgan fingerprint density at radius 3 is 2.65 bits per heavy atom. The van der Waals surface area contributed by atoms with E-state index in [1.54, 1.807) is 13.3 Å². The largest absolute Gasteiger partial charge is 0.497 e. The number of para-hydroxylation sites is 1. The number of nitrogens with zero attached hydrogens (tertiary/aromatic N) is 4. The summed E-state index contributed by atoms with van der Waals surface area (Å²) in [6.45, 7) is 3.14. The highest BCUT2D eigenvalue weighted by molar-refractivity contribution is 5.75. The van der Waals surface area contributed by atoms with Crippen molar-refractivity contribution in [2.45, 2.75) is 12.5 Å². The molecule has 1 aliphatic rings. The van der Waals surface area contributed by atoms with E-state index in [0.29, 0.717) is 6.54 Å². The minimum absolute atomic E-state index is 0.0780. The van der Waals surface area contributed by atoms with Crippen LogP contribution in [0.15, 0.2) is 67.0 Å². The highest BCUT2D eigenvalue weighted by Crippen LogP contribution is 2.25. The molecule has 2 amide bonds. The zero-order chi connectivity index (χ0) is 21.6. The Hall–Kier alpha value is -3.48. The summed E-state index contributed by atoms with van der Waals surface area (Å²) < 4.78 is 7.32. The van der Waals surface area contributed by atoms with Gasteiger partial charge in [-0.1, -0.05) is 30.3 Å². The number of nitrogens with one attached hydrogen (secondary N) is 1. The van der Waals surface area contributed by atoms with Gasteiger partial charge in [0, 0.05) is 51.3 Å². The van der Waals surface area contributed by atoms with Gasteiger partial charge < -0.3 is 24.4 Å². The number of carbonyl (C=O) groups excluding carboxylic acids is 1. The molecular formula is C24H29N5O2. The van der Waals surface area contributed by atoms with Crippen LogP contribution in [0.3, 0.4) is 0 Å². The molecule has 3 aromatic rings. The first-order valence-corrected chi connectivity index (χ1v) is 10.6. The summed E-state index contributed by atoms with van der Waals surface area (Å²) in [6, 6.07) is 17.7. The first-order valence-electron chi connectivity index (χ1n) is 10.6. The zero-order valence-corrected chi connectivity index (χ0v) is 18.1. The molecule has 1 atom stereocenters. The van der Waals surface area contributed by atoms with Crippen molar-refractivity contribution in [3.05, 3.63) is 78.4 Å². The molecule has 0 saturated carbocycles. The Kier molecular flexibility index (Phi) is 6.40. The maximum Gasteiger partial charge on any atom is 0.318 e. The number of ether oxygens (including phenoxy) is 1. The van der Waals surface area contributed by atoms with Gasteiger partial charge in [-0.05, 0) is 36.2 Å². The number of anilines is 1. The van der Waals surface area contributed by atoms with Crippen molar-refractivity contribution in [1.29, 1.82) is 0 Å². The molecule has 1 aromatic heterocycles. The van der Waals surface area contributed by atoms with Gasteiger partial charge in [0.15, 0.2) is 0 Å². The third-order valence-electron chi connectivity index (χ3n) is 5.72. The van der Waals surface area contributed by atoms with Crippen molar-refractivity contribution in [2.75, 3.05) is 38.2 Å². The quantitative estimate of drug-likeness (QED) is 0.688. The molecule has 0 aliphatic carbocycles. The minimum Gasteiger partial charge on any atom is -0.497 e. The zero-order valence-electron chi connectivity index (χ0n) is 18.1. The Labute approximate surface area is 183 Å². The lowest BCUT2D eigenvalue weighted by molar-refractivity contribution is 0.198. The van der Waals surface area contributed by atoms with E-state index in [2.05, 4.69) is 39.5 Å². The van der Waals surface area contributed by atoms with Crippen molar-refractivity contribution in [2.24, 2.45) is 7.05 Å². The first kappa shape index (κ1) is 20.8. The third-order valence-corrected chi connectivity index (χ3v) is 5.72. The number of aryl methyl sites for hydroxylation is 1. The van der Waals surface area contributed by atoms with E-state index in [0.717, 1.165) is 43.2 Å². The summed E-state index contributed by atoms with van der Waals surface area (Å²) in [7, 11) is 3.58. The topological polar surface area (TPSA) is 62.6 Å². The lowest BCUT2D eigenvalue weighted by atomic mass is 10.1. The molecule has 7 nitrogen and oxygen atoms in total. The van der Waals surface area contributed by atoms with E-state index in [1.807, 2.05) is 53.0 Å². The molecule has 7 heteroatoms. The molecule has 1 N–H and O–H groups in total. The molecule has 0 bridgehead atoms. The van der Waals surface area contributed by atoms with Crippen molar-refractivity contribution < 1.29 is 9.53 Å². The minimum atomic E-state index is -0.365. The molecule has 31 heavy (non-hydrogen) atoms. The lowest BCUT2D eigenvalue weighted by Crippen LogP contribution is -2.44. The summed E-state index contributed by atoms with van der Waals surface area (Å²) in [5, 5.41) is 3.21. The fourth-order valence-electron chi connectivity index (χ4n) is 4.01. The van der Waals surface area contributed by atoms with Gasteiger partial charge in [0.2, 0.25) is 0 Å². The van der Waals surface area contributed by atoms with Crippen LogP contribution >= 0.6 is 0 Å². The van der Waals surface area contributed by atoms with E-state index < -0.39 is 0 Å². The molecule has 162 valence electrons. The van der Waals surface area contributed by atoms with Crippen molar-refractivity contribution >= 4 is 11.7 Å². The van der Waals surface area contributed by atoms with E-state index in [9.17, 15) is 4.79 Å². The second kappa shape index (κ2) is 9.55. The summed E-state index contributed by atoms with van der Waals surface area (Å²) in [4.78, 5) is 22.0. The predicted octanol–water partition coefficient (Wildman–Crippen LogP) is 3.44. The fraction of sp³-hybridized carbons (Fsp3) is 0.333. The Morgan fingerprint density at radius 1 is 1.06 bits per heavy atom. The van der Waals surface area contributed by atoms with Crippen LogP contribution < -0.4 is 15.0 Å². The first-order chi connectivity index (χ1) is 15.2. The molecule has 4 rings (SSSR count). The summed E-state index contributed by atoms with van der Waals surface area (Å²) in [5.41, 5.74) is 2.13. The van der Waals surface area contributed by atoms with Gasteiger partial charge in [-0.15, -0.1) is 0 Å². The number of benzene rings is 2. The monoisotopic (exact) mass is 419 g/mol. The Balaban J connectivity index is 1.50. The third kappa shape index (κ3) is 4.82. The van der Waals surface area contributed by atoms with Crippen molar-refractivity contribution in [3.63, 3.8) is 0 Å². The van der Waals surface area contributed by atoms with Crippen LogP contribution in [-0.4, -0.2) is 53.8 Å². The van der Waals surface area contributed by atoms with Crippen LogP contribution in [0.25, 0.3) is 0 Å². The van der Waals surface area contributed by atoms with E-state index in [4.69, 9.17) is 4.74 Å². The summed E-state index contributed by atoms with van der Waals surface area (Å²) >= 11 is 0. The number of hydrogen-bond acceptors (Lipinski definition) is 4. The Morgan fingerprint density at radius 2 is 1.90 bits per heavy atom. The second-order valence-electron chi connectivity index (χ2n) is 7.72. The van der Waals surface area contributed by atoms with E-state index in [-0.39, 0.29) is 12.1 Å². The van der Waals surface area contributed by atoms with Crippen LogP contribution in [0.1, 0.15) is 23.9 Å². The van der Waals surface area contributed by atoms with Gasteiger partial charge >= 0.3 is 6.03 Å². The number of imidazole rings is 1. The maximum absolute atomic E-state index is 13.3. The maximum atomic E-state index is 13.3. The average molecular weight is 420 g/mol. The van der Waals surface area contributed by atoms with Gasteiger partial charge in [-0.2, -0.15) is 0 Å². The predicted molar refractivity (Wildman–Crippen MR) is 121 cm³/mol. The molecule has 0 radical (unpaired) electrons.